The van der Waals surface area contributed by atoms with E-state index in [-0.39, 0.29) is 11.9 Å². The second kappa shape index (κ2) is 7.22. The highest BCUT2D eigenvalue weighted by molar-refractivity contribution is 5.81. The van der Waals surface area contributed by atoms with Gasteiger partial charge in [-0.1, -0.05) is 30.7 Å². The van der Waals surface area contributed by atoms with Crippen LogP contribution in [0.3, 0.4) is 0 Å². The molecule has 1 fully saturated rings. The first kappa shape index (κ1) is 14.8. The maximum Gasteiger partial charge on any atom is 0.237 e. The molecule has 1 aromatic heterocycles. The van der Waals surface area contributed by atoms with E-state index in [4.69, 9.17) is 0 Å². The Labute approximate surface area is 130 Å². The zero-order valence-corrected chi connectivity index (χ0v) is 12.7. The lowest BCUT2D eigenvalue weighted by molar-refractivity contribution is -0.123. The lowest BCUT2D eigenvalue weighted by atomic mass is 10.0. The van der Waals surface area contributed by atoms with Crippen molar-refractivity contribution in [1.82, 2.24) is 20.4 Å². The molecule has 0 aliphatic carbocycles. The smallest absolute Gasteiger partial charge is 0.237 e. The van der Waals surface area contributed by atoms with Gasteiger partial charge < -0.3 is 10.6 Å². The van der Waals surface area contributed by atoms with E-state index in [1.807, 2.05) is 29.1 Å². The van der Waals surface area contributed by atoms with Crippen LogP contribution in [0.25, 0.3) is 0 Å². The summed E-state index contributed by atoms with van der Waals surface area (Å²) in [5, 5.41) is 10.5. The molecule has 1 atom stereocenters. The number of aromatic nitrogens is 2. The average molecular weight is 298 g/mol. The molecule has 0 saturated carbocycles. The molecule has 1 unspecified atom stereocenters. The summed E-state index contributed by atoms with van der Waals surface area (Å²) in [6, 6.07) is 10.2. The number of nitrogens with one attached hydrogen (secondary N) is 2. The van der Waals surface area contributed by atoms with Gasteiger partial charge in [0.2, 0.25) is 5.91 Å². The van der Waals surface area contributed by atoms with E-state index in [0.717, 1.165) is 31.5 Å². The van der Waals surface area contributed by atoms with Crippen molar-refractivity contribution in [3.05, 3.63) is 53.9 Å². The zero-order chi connectivity index (χ0) is 15.2. The van der Waals surface area contributed by atoms with E-state index in [0.29, 0.717) is 6.54 Å². The number of benzene rings is 1. The van der Waals surface area contributed by atoms with Crippen LogP contribution in [0.4, 0.5) is 0 Å². The van der Waals surface area contributed by atoms with Crippen molar-refractivity contribution in [3.8, 4) is 0 Å². The monoisotopic (exact) mass is 298 g/mol. The molecule has 2 heterocycles. The molecule has 116 valence electrons. The van der Waals surface area contributed by atoms with E-state index in [1.165, 1.54) is 12.0 Å². The zero-order valence-electron chi connectivity index (χ0n) is 12.7. The first-order valence-electron chi connectivity index (χ1n) is 7.87. The third-order valence-corrected chi connectivity index (χ3v) is 3.99. The summed E-state index contributed by atoms with van der Waals surface area (Å²) in [4.78, 5) is 12.1. The normalized spacial score (nSPS) is 18.1. The SMILES string of the molecule is O=C(NCc1cccc(Cn2cccn2)c1)C1CCCCN1. The predicted octanol–water partition coefficient (Wildman–Crippen LogP) is 1.69. The van der Waals surface area contributed by atoms with E-state index in [9.17, 15) is 4.79 Å². The fraction of sp³-hybridized carbons (Fsp3) is 0.412. The van der Waals surface area contributed by atoms with Crippen LogP contribution in [-0.2, 0) is 17.9 Å². The van der Waals surface area contributed by atoms with Crippen molar-refractivity contribution >= 4 is 5.91 Å². The van der Waals surface area contributed by atoms with Gasteiger partial charge in [0.15, 0.2) is 0 Å². The van der Waals surface area contributed by atoms with Gasteiger partial charge in [-0.05, 0) is 36.6 Å². The van der Waals surface area contributed by atoms with Gasteiger partial charge in [-0.15, -0.1) is 0 Å². The van der Waals surface area contributed by atoms with Crippen molar-refractivity contribution in [2.75, 3.05) is 6.54 Å². The molecule has 1 amide bonds. The van der Waals surface area contributed by atoms with Crippen LogP contribution in [-0.4, -0.2) is 28.3 Å². The van der Waals surface area contributed by atoms with Crippen molar-refractivity contribution < 1.29 is 4.79 Å². The van der Waals surface area contributed by atoms with Crippen LogP contribution in [0, 0.1) is 0 Å². The van der Waals surface area contributed by atoms with Crippen molar-refractivity contribution in [1.29, 1.82) is 0 Å². The lowest BCUT2D eigenvalue weighted by Crippen LogP contribution is -2.46. The van der Waals surface area contributed by atoms with E-state index in [2.05, 4.69) is 27.9 Å². The molecule has 2 N–H and O–H groups in total. The Kier molecular flexibility index (Phi) is 4.85. The van der Waals surface area contributed by atoms with Crippen LogP contribution in [0.15, 0.2) is 42.7 Å². The Hall–Kier alpha value is -2.14. The van der Waals surface area contributed by atoms with Crippen molar-refractivity contribution in [2.24, 2.45) is 0 Å². The second-order valence-electron chi connectivity index (χ2n) is 5.74. The highest BCUT2D eigenvalue weighted by Gasteiger charge is 2.19. The number of piperidine rings is 1. The second-order valence-corrected chi connectivity index (χ2v) is 5.74. The highest BCUT2D eigenvalue weighted by atomic mass is 16.2. The fourth-order valence-electron chi connectivity index (χ4n) is 2.81. The van der Waals surface area contributed by atoms with Gasteiger partial charge in [-0.3, -0.25) is 9.48 Å². The van der Waals surface area contributed by atoms with Gasteiger partial charge >= 0.3 is 0 Å². The number of carbonyl (C=O) groups is 1. The Morgan fingerprint density at radius 2 is 2.23 bits per heavy atom. The Morgan fingerprint density at radius 3 is 3.00 bits per heavy atom. The van der Waals surface area contributed by atoms with Gasteiger partial charge in [0.25, 0.3) is 0 Å². The number of nitrogens with zero attached hydrogens (tertiary/aromatic N) is 2. The van der Waals surface area contributed by atoms with Crippen LogP contribution in [0.1, 0.15) is 30.4 Å². The molecule has 1 aromatic carbocycles. The minimum absolute atomic E-state index is 0.0268. The number of amides is 1. The maximum absolute atomic E-state index is 12.1. The van der Waals surface area contributed by atoms with E-state index >= 15 is 0 Å². The average Bonchev–Trinajstić information content (AvgIpc) is 3.07. The third-order valence-electron chi connectivity index (χ3n) is 3.99. The topological polar surface area (TPSA) is 59.0 Å². The lowest BCUT2D eigenvalue weighted by Gasteiger charge is -2.22. The summed E-state index contributed by atoms with van der Waals surface area (Å²) in [7, 11) is 0. The Morgan fingerprint density at radius 1 is 1.32 bits per heavy atom. The molecular formula is C17H22N4O. The Bertz CT molecular complexity index is 603. The molecule has 1 aliphatic heterocycles. The summed E-state index contributed by atoms with van der Waals surface area (Å²) < 4.78 is 1.89. The van der Waals surface area contributed by atoms with Gasteiger partial charge in [-0.2, -0.15) is 5.10 Å². The van der Waals surface area contributed by atoms with Gasteiger partial charge in [0.1, 0.15) is 0 Å². The number of hydrogen-bond donors (Lipinski definition) is 2. The molecule has 0 radical (unpaired) electrons. The van der Waals surface area contributed by atoms with Gasteiger partial charge in [-0.25, -0.2) is 0 Å². The molecule has 5 nitrogen and oxygen atoms in total. The first-order chi connectivity index (χ1) is 10.8. The molecule has 5 heteroatoms. The molecule has 1 saturated heterocycles. The molecule has 1 aliphatic rings. The predicted molar refractivity (Wildman–Crippen MR) is 85.3 cm³/mol. The third kappa shape index (κ3) is 3.95. The number of hydrogen-bond acceptors (Lipinski definition) is 3. The van der Waals surface area contributed by atoms with E-state index in [1.54, 1.807) is 6.20 Å². The quantitative estimate of drug-likeness (QED) is 0.883. The number of rotatable bonds is 5. The summed E-state index contributed by atoms with van der Waals surface area (Å²) in [5.74, 6) is 0.108. The summed E-state index contributed by atoms with van der Waals surface area (Å²) in [5.41, 5.74) is 2.31. The van der Waals surface area contributed by atoms with Gasteiger partial charge in [0.05, 0.1) is 12.6 Å². The molecule has 22 heavy (non-hydrogen) atoms. The largest absolute Gasteiger partial charge is 0.351 e. The van der Waals surface area contributed by atoms with Crippen LogP contribution in [0.2, 0.25) is 0 Å². The summed E-state index contributed by atoms with van der Waals surface area (Å²) in [6.45, 7) is 2.26. The summed E-state index contributed by atoms with van der Waals surface area (Å²) >= 11 is 0. The maximum atomic E-state index is 12.1. The molecule has 2 aromatic rings. The van der Waals surface area contributed by atoms with Crippen molar-refractivity contribution in [3.63, 3.8) is 0 Å². The molecular weight excluding hydrogens is 276 g/mol. The minimum atomic E-state index is -0.0268. The van der Waals surface area contributed by atoms with E-state index < -0.39 is 0 Å². The van der Waals surface area contributed by atoms with Crippen LogP contribution >= 0.6 is 0 Å². The van der Waals surface area contributed by atoms with Crippen molar-refractivity contribution in [2.45, 2.75) is 38.4 Å². The first-order valence-corrected chi connectivity index (χ1v) is 7.87. The van der Waals surface area contributed by atoms with Crippen LogP contribution in [0.5, 0.6) is 0 Å². The van der Waals surface area contributed by atoms with Crippen LogP contribution < -0.4 is 10.6 Å². The number of carbonyl (C=O) groups excluding carboxylic acids is 1. The Balaban J connectivity index is 1.54. The molecule has 3 rings (SSSR count). The highest BCUT2D eigenvalue weighted by Crippen LogP contribution is 2.09. The fourth-order valence-corrected chi connectivity index (χ4v) is 2.81. The molecule has 0 spiro atoms. The summed E-state index contributed by atoms with van der Waals surface area (Å²) in [6.07, 6.45) is 6.96. The standard InChI is InChI=1S/C17H22N4O/c22-17(16-7-1-2-8-18-16)19-12-14-5-3-6-15(11-14)13-21-10-4-9-20-21/h3-6,9-11,16,18H,1-2,7-8,12-13H2,(H,19,22). The molecule has 0 bridgehead atoms. The van der Waals surface area contributed by atoms with Gasteiger partial charge in [0, 0.05) is 18.9 Å². The minimum Gasteiger partial charge on any atom is -0.351 e.